The Morgan fingerprint density at radius 1 is 1.18 bits per heavy atom. The third kappa shape index (κ3) is 9.67. The van der Waals surface area contributed by atoms with Crippen molar-refractivity contribution in [2.45, 2.75) is 13.3 Å². The van der Waals surface area contributed by atoms with E-state index in [2.05, 4.69) is 10.3 Å². The van der Waals surface area contributed by atoms with E-state index < -0.39 is 0 Å². The molecule has 0 radical (unpaired) electrons. The van der Waals surface area contributed by atoms with Gasteiger partial charge in [-0.3, -0.25) is 4.99 Å². The van der Waals surface area contributed by atoms with Crippen molar-refractivity contribution in [1.82, 2.24) is 5.32 Å². The SMILES string of the molecule is CCOCCCN=C(N)NCCOc1ccc(OC)cc1.I. The largest absolute Gasteiger partial charge is 0.497 e. The summed E-state index contributed by atoms with van der Waals surface area (Å²) < 4.78 is 15.9. The van der Waals surface area contributed by atoms with E-state index in [-0.39, 0.29) is 24.0 Å². The summed E-state index contributed by atoms with van der Waals surface area (Å²) in [5, 5.41) is 3.00. The molecule has 0 aliphatic carbocycles. The number of benzene rings is 1. The van der Waals surface area contributed by atoms with Crippen LogP contribution < -0.4 is 20.5 Å². The maximum Gasteiger partial charge on any atom is 0.188 e. The molecule has 0 unspecified atom stereocenters. The van der Waals surface area contributed by atoms with E-state index >= 15 is 0 Å². The Bertz CT molecular complexity index is 413. The molecule has 0 spiro atoms. The normalized spacial score (nSPS) is 10.7. The van der Waals surface area contributed by atoms with Crippen molar-refractivity contribution < 1.29 is 14.2 Å². The molecule has 6 nitrogen and oxygen atoms in total. The first-order valence-electron chi connectivity index (χ1n) is 7.14. The van der Waals surface area contributed by atoms with Gasteiger partial charge in [0, 0.05) is 19.8 Å². The molecule has 0 bridgehead atoms. The molecule has 22 heavy (non-hydrogen) atoms. The minimum Gasteiger partial charge on any atom is -0.497 e. The van der Waals surface area contributed by atoms with Gasteiger partial charge in [0.15, 0.2) is 5.96 Å². The van der Waals surface area contributed by atoms with Crippen LogP contribution in [-0.4, -0.2) is 46.0 Å². The van der Waals surface area contributed by atoms with Crippen LogP contribution in [-0.2, 0) is 4.74 Å². The second-order valence-electron chi connectivity index (χ2n) is 4.27. The number of methoxy groups -OCH3 is 1. The minimum atomic E-state index is 0. The standard InChI is InChI=1S/C15H25N3O3.HI/c1-3-20-11-4-9-17-15(16)18-10-12-21-14-7-5-13(19-2)6-8-14;/h5-8H,3-4,9-12H2,1-2H3,(H3,16,17,18);1H. The Hall–Kier alpha value is -1.22. The predicted octanol–water partition coefficient (Wildman–Crippen LogP) is 2.02. The van der Waals surface area contributed by atoms with E-state index in [1.165, 1.54) is 0 Å². The monoisotopic (exact) mass is 423 g/mol. The second kappa shape index (κ2) is 13.4. The second-order valence-corrected chi connectivity index (χ2v) is 4.27. The van der Waals surface area contributed by atoms with Crippen molar-refractivity contribution in [3.05, 3.63) is 24.3 Å². The van der Waals surface area contributed by atoms with E-state index in [0.29, 0.717) is 32.3 Å². The molecule has 0 heterocycles. The zero-order valence-corrected chi connectivity index (χ0v) is 15.5. The first-order chi connectivity index (χ1) is 10.3. The average molecular weight is 423 g/mol. The molecule has 0 saturated heterocycles. The zero-order valence-electron chi connectivity index (χ0n) is 13.2. The van der Waals surface area contributed by atoms with Crippen molar-refractivity contribution in [1.29, 1.82) is 0 Å². The molecule has 0 atom stereocenters. The first kappa shape index (κ1) is 20.8. The molecular formula is C15H26IN3O3. The smallest absolute Gasteiger partial charge is 0.188 e. The Labute approximate surface area is 149 Å². The van der Waals surface area contributed by atoms with Gasteiger partial charge in [0.25, 0.3) is 0 Å². The molecule has 7 heteroatoms. The Kier molecular flexibility index (Phi) is 12.7. The Morgan fingerprint density at radius 2 is 1.86 bits per heavy atom. The maximum atomic E-state index is 5.73. The number of aliphatic imine (C=N–C) groups is 1. The van der Waals surface area contributed by atoms with Crippen LogP contribution in [0.4, 0.5) is 0 Å². The number of hydrogen-bond donors (Lipinski definition) is 2. The highest BCUT2D eigenvalue weighted by molar-refractivity contribution is 14.0. The van der Waals surface area contributed by atoms with E-state index in [4.69, 9.17) is 19.9 Å². The van der Waals surface area contributed by atoms with Crippen LogP contribution in [0.3, 0.4) is 0 Å². The van der Waals surface area contributed by atoms with Crippen molar-refractivity contribution in [2.24, 2.45) is 10.7 Å². The van der Waals surface area contributed by atoms with Crippen LogP contribution in [0.25, 0.3) is 0 Å². The summed E-state index contributed by atoms with van der Waals surface area (Å²) in [5.41, 5.74) is 5.73. The summed E-state index contributed by atoms with van der Waals surface area (Å²) in [6.45, 7) is 5.21. The number of nitrogens with two attached hydrogens (primary N) is 1. The van der Waals surface area contributed by atoms with Gasteiger partial charge in [-0.1, -0.05) is 0 Å². The average Bonchev–Trinajstić information content (AvgIpc) is 2.52. The van der Waals surface area contributed by atoms with Crippen LogP contribution in [0.2, 0.25) is 0 Å². The summed E-state index contributed by atoms with van der Waals surface area (Å²) in [7, 11) is 1.64. The van der Waals surface area contributed by atoms with Gasteiger partial charge >= 0.3 is 0 Å². The summed E-state index contributed by atoms with van der Waals surface area (Å²) in [5.74, 6) is 2.04. The van der Waals surface area contributed by atoms with Crippen LogP contribution in [0.5, 0.6) is 11.5 Å². The van der Waals surface area contributed by atoms with Crippen molar-refractivity contribution in [3.8, 4) is 11.5 Å². The minimum absolute atomic E-state index is 0. The van der Waals surface area contributed by atoms with Gasteiger partial charge in [-0.2, -0.15) is 0 Å². The number of hydrogen-bond acceptors (Lipinski definition) is 4. The zero-order chi connectivity index (χ0) is 15.3. The fourth-order valence-electron chi connectivity index (χ4n) is 1.59. The highest BCUT2D eigenvalue weighted by atomic mass is 127. The molecule has 0 fully saturated rings. The lowest BCUT2D eigenvalue weighted by Crippen LogP contribution is -2.34. The van der Waals surface area contributed by atoms with Gasteiger partial charge in [-0.05, 0) is 37.6 Å². The van der Waals surface area contributed by atoms with Gasteiger partial charge in [0.2, 0.25) is 0 Å². The molecule has 0 aromatic heterocycles. The van der Waals surface area contributed by atoms with Crippen LogP contribution >= 0.6 is 24.0 Å². The number of nitrogens with zero attached hydrogens (tertiary/aromatic N) is 1. The number of halogens is 1. The highest BCUT2D eigenvalue weighted by Gasteiger charge is 1.96. The third-order valence-electron chi connectivity index (χ3n) is 2.67. The number of nitrogens with one attached hydrogen (secondary N) is 1. The third-order valence-corrected chi connectivity index (χ3v) is 2.67. The molecule has 1 aromatic rings. The molecule has 1 rings (SSSR count). The molecule has 0 aliphatic rings. The van der Waals surface area contributed by atoms with Gasteiger partial charge in [0.1, 0.15) is 18.1 Å². The molecule has 0 aliphatic heterocycles. The summed E-state index contributed by atoms with van der Waals surface area (Å²) in [6.07, 6.45) is 0.874. The quantitative estimate of drug-likeness (QED) is 0.261. The maximum absolute atomic E-state index is 5.73. The number of rotatable bonds is 10. The van der Waals surface area contributed by atoms with E-state index in [9.17, 15) is 0 Å². The van der Waals surface area contributed by atoms with Gasteiger partial charge in [-0.15, -0.1) is 24.0 Å². The molecule has 0 amide bonds. The van der Waals surface area contributed by atoms with Gasteiger partial charge < -0.3 is 25.3 Å². The van der Waals surface area contributed by atoms with E-state index in [1.807, 2.05) is 31.2 Å². The van der Waals surface area contributed by atoms with E-state index in [1.54, 1.807) is 7.11 Å². The highest BCUT2D eigenvalue weighted by Crippen LogP contribution is 2.16. The van der Waals surface area contributed by atoms with Crippen molar-refractivity contribution >= 4 is 29.9 Å². The molecule has 126 valence electrons. The Balaban J connectivity index is 0.00000441. The van der Waals surface area contributed by atoms with Crippen LogP contribution in [0.1, 0.15) is 13.3 Å². The van der Waals surface area contributed by atoms with Crippen molar-refractivity contribution in [3.63, 3.8) is 0 Å². The number of guanidine groups is 1. The molecule has 0 saturated carbocycles. The van der Waals surface area contributed by atoms with Crippen LogP contribution in [0, 0.1) is 0 Å². The summed E-state index contributed by atoms with van der Waals surface area (Å²) in [6, 6.07) is 7.45. The lowest BCUT2D eigenvalue weighted by Gasteiger charge is -2.08. The predicted molar refractivity (Wildman–Crippen MR) is 99.5 cm³/mol. The van der Waals surface area contributed by atoms with Gasteiger partial charge in [0.05, 0.1) is 13.7 Å². The summed E-state index contributed by atoms with van der Waals surface area (Å²) in [4.78, 5) is 4.19. The van der Waals surface area contributed by atoms with E-state index in [0.717, 1.165) is 24.5 Å². The fraction of sp³-hybridized carbons (Fsp3) is 0.533. The number of ether oxygens (including phenoxy) is 3. The Morgan fingerprint density at radius 3 is 2.50 bits per heavy atom. The molecule has 1 aromatic carbocycles. The fourth-order valence-corrected chi connectivity index (χ4v) is 1.59. The van der Waals surface area contributed by atoms with Gasteiger partial charge in [-0.25, -0.2) is 0 Å². The molecular weight excluding hydrogens is 397 g/mol. The first-order valence-corrected chi connectivity index (χ1v) is 7.14. The van der Waals surface area contributed by atoms with Crippen molar-refractivity contribution in [2.75, 3.05) is 40.0 Å². The summed E-state index contributed by atoms with van der Waals surface area (Å²) >= 11 is 0. The lowest BCUT2D eigenvalue weighted by atomic mass is 10.3. The topological polar surface area (TPSA) is 78.1 Å². The lowest BCUT2D eigenvalue weighted by molar-refractivity contribution is 0.146. The van der Waals surface area contributed by atoms with Crippen LogP contribution in [0.15, 0.2) is 29.3 Å². The molecule has 3 N–H and O–H groups in total.